The third-order valence-electron chi connectivity index (χ3n) is 3.11. The summed E-state index contributed by atoms with van der Waals surface area (Å²) in [6.07, 6.45) is 5.08. The largest absolute Gasteiger partial charge is 0.386 e. The number of rotatable bonds is 6. The van der Waals surface area contributed by atoms with E-state index < -0.39 is 14.4 Å². The highest BCUT2D eigenvalue weighted by atomic mass is 28.3. The maximum Gasteiger partial charge on any atom is 0.0907 e. The van der Waals surface area contributed by atoms with Gasteiger partial charge in [-0.05, 0) is 13.3 Å². The van der Waals surface area contributed by atoms with E-state index in [0.717, 1.165) is 19.3 Å². The smallest absolute Gasteiger partial charge is 0.0907 e. The maximum atomic E-state index is 10.2. The summed E-state index contributed by atoms with van der Waals surface area (Å²) in [6, 6.07) is 10.6. The first kappa shape index (κ1) is 14.2. The fourth-order valence-electron chi connectivity index (χ4n) is 1.84. The molecular weight excluding hydrogens is 224 g/mol. The molecule has 1 rings (SSSR count). The minimum absolute atomic E-state index is 0.633. The summed E-state index contributed by atoms with van der Waals surface area (Å²) >= 11 is 0. The predicted molar refractivity (Wildman–Crippen MR) is 78.4 cm³/mol. The molecule has 0 aliphatic rings. The van der Waals surface area contributed by atoms with Crippen LogP contribution >= 0.6 is 0 Å². The highest BCUT2D eigenvalue weighted by molar-refractivity contribution is 6.76. The molecular formula is C15H24OSi. The summed E-state index contributed by atoms with van der Waals surface area (Å²) in [5, 5.41) is 11.6. The quantitative estimate of drug-likeness (QED) is 0.768. The molecule has 17 heavy (non-hydrogen) atoms. The van der Waals surface area contributed by atoms with Crippen LogP contribution in [-0.2, 0) is 0 Å². The summed E-state index contributed by atoms with van der Waals surface area (Å²) in [7, 11) is -1.03. The lowest BCUT2D eigenvalue weighted by Crippen LogP contribution is -2.27. The average molecular weight is 248 g/mol. The van der Waals surface area contributed by atoms with Crippen LogP contribution in [0.5, 0.6) is 0 Å². The lowest BCUT2D eigenvalue weighted by Gasteiger charge is -2.19. The highest BCUT2D eigenvalue weighted by Gasteiger charge is 2.15. The van der Waals surface area contributed by atoms with Crippen LogP contribution in [0.1, 0.15) is 33.1 Å². The van der Waals surface area contributed by atoms with Gasteiger partial charge in [-0.1, -0.05) is 73.6 Å². The Hall–Kier alpha value is -0.863. The zero-order valence-electron chi connectivity index (χ0n) is 11.2. The van der Waals surface area contributed by atoms with Crippen LogP contribution in [0.4, 0.5) is 0 Å². The van der Waals surface area contributed by atoms with E-state index >= 15 is 0 Å². The van der Waals surface area contributed by atoms with Gasteiger partial charge in [-0.25, -0.2) is 0 Å². The van der Waals surface area contributed by atoms with Crippen molar-refractivity contribution < 1.29 is 5.11 Å². The number of hydrogen-bond donors (Lipinski definition) is 1. The van der Waals surface area contributed by atoms with Gasteiger partial charge in [0.05, 0.1) is 14.4 Å². The summed E-state index contributed by atoms with van der Waals surface area (Å²) in [6.45, 7) is 6.36. The van der Waals surface area contributed by atoms with Gasteiger partial charge in [0, 0.05) is 0 Å². The molecule has 1 N–H and O–H groups in total. The zero-order chi connectivity index (χ0) is 12.7. The Morgan fingerprint density at radius 3 is 2.53 bits per heavy atom. The zero-order valence-corrected chi connectivity index (χ0v) is 12.3. The van der Waals surface area contributed by atoms with Crippen molar-refractivity contribution in [3.05, 3.63) is 42.1 Å². The molecule has 94 valence electrons. The molecule has 0 saturated heterocycles. The number of unbranched alkanes of at least 4 members (excludes halogenated alkanes) is 1. The second-order valence-corrected chi connectivity index (χ2v) is 7.65. The third-order valence-corrected chi connectivity index (χ3v) is 5.31. The fourth-order valence-corrected chi connectivity index (χ4v) is 3.59. The highest BCUT2D eigenvalue weighted by Crippen LogP contribution is 2.15. The van der Waals surface area contributed by atoms with E-state index in [-0.39, 0.29) is 0 Å². The minimum atomic E-state index is -1.03. The van der Waals surface area contributed by atoms with Crippen LogP contribution in [0.25, 0.3) is 0 Å². The van der Waals surface area contributed by atoms with Gasteiger partial charge >= 0.3 is 0 Å². The molecule has 0 aliphatic carbocycles. The summed E-state index contributed by atoms with van der Waals surface area (Å²) in [5.41, 5.74) is 1.61. The van der Waals surface area contributed by atoms with Crippen molar-refractivity contribution in [1.29, 1.82) is 0 Å². The van der Waals surface area contributed by atoms with Crippen molar-refractivity contribution >= 4 is 14.0 Å². The molecule has 2 atom stereocenters. The summed E-state index contributed by atoms with van der Waals surface area (Å²) in [5.74, 6) is 0. The molecule has 1 nitrogen and oxygen atoms in total. The van der Waals surface area contributed by atoms with E-state index in [1.807, 2.05) is 19.1 Å². The van der Waals surface area contributed by atoms with Crippen molar-refractivity contribution in [3.8, 4) is 0 Å². The Morgan fingerprint density at radius 1 is 1.29 bits per heavy atom. The maximum absolute atomic E-state index is 10.2. The molecule has 0 heterocycles. The van der Waals surface area contributed by atoms with E-state index in [0.29, 0.717) is 0 Å². The minimum Gasteiger partial charge on any atom is -0.386 e. The topological polar surface area (TPSA) is 20.2 Å². The molecule has 1 aromatic carbocycles. The van der Waals surface area contributed by atoms with E-state index in [4.69, 9.17) is 0 Å². The molecule has 2 unspecified atom stereocenters. The molecule has 0 fully saturated rings. The molecule has 0 radical (unpaired) electrons. The van der Waals surface area contributed by atoms with E-state index in [9.17, 15) is 5.11 Å². The Labute approximate surface area is 107 Å². The Morgan fingerprint density at radius 2 is 1.94 bits per heavy atom. The van der Waals surface area contributed by atoms with Crippen molar-refractivity contribution in [1.82, 2.24) is 0 Å². The lowest BCUT2D eigenvalue weighted by molar-refractivity contribution is 0.0993. The van der Waals surface area contributed by atoms with Crippen LogP contribution < -0.4 is 5.19 Å². The second kappa shape index (κ2) is 6.77. The predicted octanol–water partition coefficient (Wildman–Crippen LogP) is 2.79. The number of benzene rings is 1. The van der Waals surface area contributed by atoms with Gasteiger partial charge in [0.1, 0.15) is 0 Å². The first-order valence-electron chi connectivity index (χ1n) is 6.52. The first-order valence-corrected chi connectivity index (χ1v) is 8.92. The fraction of sp³-hybridized carbons (Fsp3) is 0.467. The van der Waals surface area contributed by atoms with Crippen LogP contribution in [0.3, 0.4) is 0 Å². The van der Waals surface area contributed by atoms with Crippen molar-refractivity contribution in [2.24, 2.45) is 0 Å². The van der Waals surface area contributed by atoms with Crippen molar-refractivity contribution in [2.75, 3.05) is 0 Å². The SMILES string of the molecule is CCCCC(C)(O)C=C[SiH](C)c1ccccc1. The number of hydrogen-bond acceptors (Lipinski definition) is 1. The molecule has 0 aromatic heterocycles. The molecule has 1 aromatic rings. The summed E-state index contributed by atoms with van der Waals surface area (Å²) < 4.78 is 0. The van der Waals surface area contributed by atoms with Crippen molar-refractivity contribution in [2.45, 2.75) is 45.3 Å². The van der Waals surface area contributed by atoms with Gasteiger partial charge in [-0.2, -0.15) is 0 Å². The average Bonchev–Trinajstić information content (AvgIpc) is 2.35. The van der Waals surface area contributed by atoms with Crippen LogP contribution in [0, 0.1) is 0 Å². The summed E-state index contributed by atoms with van der Waals surface area (Å²) in [4.78, 5) is 0. The van der Waals surface area contributed by atoms with Gasteiger partial charge in [0.25, 0.3) is 0 Å². The Bertz CT molecular complexity index is 343. The van der Waals surface area contributed by atoms with Crippen LogP contribution in [-0.4, -0.2) is 19.5 Å². The van der Waals surface area contributed by atoms with Gasteiger partial charge in [0.15, 0.2) is 0 Å². The molecule has 0 bridgehead atoms. The molecule has 2 heteroatoms. The van der Waals surface area contributed by atoms with Gasteiger partial charge in [-0.15, -0.1) is 0 Å². The van der Waals surface area contributed by atoms with Gasteiger partial charge in [0.2, 0.25) is 0 Å². The molecule has 0 aliphatic heterocycles. The standard InChI is InChI=1S/C15H24OSi/c1-4-5-11-15(2,16)12-13-17(3)14-9-7-6-8-10-14/h6-10,12-13,16-17H,4-5,11H2,1-3H3. The Kier molecular flexibility index (Phi) is 5.66. The van der Waals surface area contributed by atoms with Gasteiger partial charge in [-0.3, -0.25) is 0 Å². The molecule has 0 spiro atoms. The lowest BCUT2D eigenvalue weighted by atomic mass is 10.00. The monoisotopic (exact) mass is 248 g/mol. The van der Waals surface area contributed by atoms with E-state index in [1.54, 1.807) is 0 Å². The number of aliphatic hydroxyl groups is 1. The molecule has 0 saturated carbocycles. The van der Waals surface area contributed by atoms with E-state index in [2.05, 4.69) is 43.4 Å². The Balaban J connectivity index is 2.58. The van der Waals surface area contributed by atoms with E-state index in [1.165, 1.54) is 5.19 Å². The van der Waals surface area contributed by atoms with Gasteiger partial charge < -0.3 is 5.11 Å². The van der Waals surface area contributed by atoms with Crippen LogP contribution in [0.2, 0.25) is 6.55 Å². The normalized spacial score (nSPS) is 16.9. The van der Waals surface area contributed by atoms with Crippen molar-refractivity contribution in [3.63, 3.8) is 0 Å². The van der Waals surface area contributed by atoms with Crippen LogP contribution in [0.15, 0.2) is 42.1 Å². The molecule has 0 amide bonds. The second-order valence-electron chi connectivity index (χ2n) is 5.02. The third kappa shape index (κ3) is 5.33. The first-order chi connectivity index (χ1) is 8.05.